The molecular weight excluding hydrogens is 375 g/mol. The third-order valence-corrected chi connectivity index (χ3v) is 4.10. The van der Waals surface area contributed by atoms with Crippen molar-refractivity contribution in [1.82, 2.24) is 5.32 Å². The number of halogens is 3. The number of alkyl halides is 3. The van der Waals surface area contributed by atoms with Crippen LogP contribution >= 0.6 is 0 Å². The van der Waals surface area contributed by atoms with Crippen molar-refractivity contribution in [3.8, 4) is 5.75 Å². The quantitative estimate of drug-likeness (QED) is 0.727. The van der Waals surface area contributed by atoms with E-state index in [1.807, 2.05) is 0 Å². The minimum Gasteiger partial charge on any atom is -0.497 e. The third-order valence-electron chi connectivity index (χ3n) is 4.10. The summed E-state index contributed by atoms with van der Waals surface area (Å²) in [5.74, 6) is -0.309. The van der Waals surface area contributed by atoms with Crippen LogP contribution in [0.5, 0.6) is 5.75 Å². The first-order chi connectivity index (χ1) is 13.2. The van der Waals surface area contributed by atoms with Crippen molar-refractivity contribution in [2.75, 3.05) is 14.2 Å². The normalized spacial score (nSPS) is 12.2. The minimum absolute atomic E-state index is 0.0818. The molecule has 0 aliphatic rings. The van der Waals surface area contributed by atoms with Crippen molar-refractivity contribution in [2.45, 2.75) is 25.1 Å². The molecule has 2 aromatic carbocycles. The maximum atomic E-state index is 12.6. The van der Waals surface area contributed by atoms with E-state index in [0.717, 1.165) is 12.1 Å². The number of nitrogens with one attached hydrogen (secondary N) is 1. The van der Waals surface area contributed by atoms with Crippen molar-refractivity contribution in [3.05, 3.63) is 65.2 Å². The fourth-order valence-electron chi connectivity index (χ4n) is 2.58. The molecule has 150 valence electrons. The maximum Gasteiger partial charge on any atom is 0.416 e. The molecule has 0 fully saturated rings. The largest absolute Gasteiger partial charge is 0.497 e. The first kappa shape index (κ1) is 21.3. The second kappa shape index (κ2) is 9.25. The highest BCUT2D eigenvalue weighted by molar-refractivity contribution is 5.80. The smallest absolute Gasteiger partial charge is 0.416 e. The highest BCUT2D eigenvalue weighted by atomic mass is 19.4. The molecule has 1 atom stereocenters. The molecule has 0 aliphatic carbocycles. The highest BCUT2D eigenvalue weighted by Gasteiger charge is 2.30. The number of amides is 1. The predicted molar refractivity (Wildman–Crippen MR) is 95.7 cm³/mol. The number of hydrogen-bond donors (Lipinski definition) is 1. The lowest BCUT2D eigenvalue weighted by atomic mass is 10.0. The van der Waals surface area contributed by atoms with Gasteiger partial charge in [-0.15, -0.1) is 0 Å². The summed E-state index contributed by atoms with van der Waals surface area (Å²) in [6, 6.07) is 10.5. The highest BCUT2D eigenvalue weighted by Crippen LogP contribution is 2.29. The molecule has 1 amide bonds. The molecule has 0 radical (unpaired) electrons. The molecule has 0 saturated carbocycles. The molecule has 0 spiro atoms. The summed E-state index contributed by atoms with van der Waals surface area (Å²) in [5, 5.41) is 2.73. The molecule has 1 unspecified atom stereocenters. The SMILES string of the molecule is COC(=O)CC(NC(=O)Cc1ccc(C(F)(F)F)cc1)c1ccc(OC)cc1. The average Bonchev–Trinajstić information content (AvgIpc) is 2.67. The van der Waals surface area contributed by atoms with Crippen LogP contribution in [0.4, 0.5) is 13.2 Å². The van der Waals surface area contributed by atoms with Crippen LogP contribution in [-0.4, -0.2) is 26.1 Å². The van der Waals surface area contributed by atoms with E-state index in [4.69, 9.17) is 4.74 Å². The van der Waals surface area contributed by atoms with Crippen molar-refractivity contribution < 1.29 is 32.2 Å². The summed E-state index contributed by atoms with van der Waals surface area (Å²) >= 11 is 0. The van der Waals surface area contributed by atoms with E-state index in [1.54, 1.807) is 24.3 Å². The van der Waals surface area contributed by atoms with Crippen LogP contribution in [0.25, 0.3) is 0 Å². The Morgan fingerprint density at radius 1 is 1.00 bits per heavy atom. The Morgan fingerprint density at radius 3 is 2.11 bits per heavy atom. The van der Waals surface area contributed by atoms with Crippen LogP contribution < -0.4 is 10.1 Å². The monoisotopic (exact) mass is 395 g/mol. The van der Waals surface area contributed by atoms with Gasteiger partial charge in [0.1, 0.15) is 5.75 Å². The molecule has 2 aromatic rings. The summed E-state index contributed by atoms with van der Waals surface area (Å²) in [6.45, 7) is 0. The molecule has 2 rings (SSSR count). The summed E-state index contributed by atoms with van der Waals surface area (Å²) < 4.78 is 47.6. The summed E-state index contributed by atoms with van der Waals surface area (Å²) in [7, 11) is 2.77. The molecular formula is C20H20F3NO4. The zero-order valence-electron chi connectivity index (χ0n) is 15.4. The van der Waals surface area contributed by atoms with Gasteiger partial charge in [-0.25, -0.2) is 0 Å². The fourth-order valence-corrected chi connectivity index (χ4v) is 2.58. The average molecular weight is 395 g/mol. The van der Waals surface area contributed by atoms with Gasteiger partial charge in [-0.2, -0.15) is 13.2 Å². The number of carbonyl (C=O) groups excluding carboxylic acids is 2. The van der Waals surface area contributed by atoms with Gasteiger partial charge >= 0.3 is 12.1 Å². The van der Waals surface area contributed by atoms with Gasteiger partial charge in [0.2, 0.25) is 5.91 Å². The number of ether oxygens (including phenoxy) is 2. The Kier molecular flexibility index (Phi) is 7.03. The Labute approximate surface area is 160 Å². The van der Waals surface area contributed by atoms with Crippen molar-refractivity contribution in [2.24, 2.45) is 0 Å². The van der Waals surface area contributed by atoms with Crippen LogP contribution in [0, 0.1) is 0 Å². The van der Waals surface area contributed by atoms with Crippen molar-refractivity contribution in [1.29, 1.82) is 0 Å². The van der Waals surface area contributed by atoms with E-state index in [-0.39, 0.29) is 12.8 Å². The zero-order valence-corrected chi connectivity index (χ0v) is 15.4. The van der Waals surface area contributed by atoms with E-state index in [2.05, 4.69) is 10.1 Å². The van der Waals surface area contributed by atoms with Gasteiger partial charge in [0.15, 0.2) is 0 Å². The third kappa shape index (κ3) is 6.00. The number of rotatable bonds is 7. The molecule has 0 bridgehead atoms. The van der Waals surface area contributed by atoms with Crippen LogP contribution in [0.2, 0.25) is 0 Å². The van der Waals surface area contributed by atoms with Crippen LogP contribution in [0.3, 0.4) is 0 Å². The number of benzene rings is 2. The number of methoxy groups -OCH3 is 2. The molecule has 0 heterocycles. The van der Waals surface area contributed by atoms with E-state index in [1.165, 1.54) is 26.4 Å². The predicted octanol–water partition coefficient (Wildman–Crippen LogP) is 3.68. The van der Waals surface area contributed by atoms with Crippen molar-refractivity contribution in [3.63, 3.8) is 0 Å². The minimum atomic E-state index is -4.43. The molecule has 5 nitrogen and oxygen atoms in total. The van der Waals surface area contributed by atoms with Gasteiger partial charge in [-0.05, 0) is 35.4 Å². The van der Waals surface area contributed by atoms with Gasteiger partial charge in [-0.1, -0.05) is 24.3 Å². The fraction of sp³-hybridized carbons (Fsp3) is 0.300. The first-order valence-corrected chi connectivity index (χ1v) is 8.39. The van der Waals surface area contributed by atoms with E-state index in [0.29, 0.717) is 16.9 Å². The molecule has 28 heavy (non-hydrogen) atoms. The lowest BCUT2D eigenvalue weighted by molar-refractivity contribution is -0.141. The van der Waals surface area contributed by atoms with E-state index in [9.17, 15) is 22.8 Å². The van der Waals surface area contributed by atoms with Crippen LogP contribution in [0.15, 0.2) is 48.5 Å². The van der Waals surface area contributed by atoms with Crippen LogP contribution in [0.1, 0.15) is 29.2 Å². The number of carbonyl (C=O) groups is 2. The lowest BCUT2D eigenvalue weighted by Crippen LogP contribution is -2.31. The molecule has 0 aromatic heterocycles. The molecule has 0 aliphatic heterocycles. The number of esters is 1. The van der Waals surface area contributed by atoms with Gasteiger partial charge < -0.3 is 14.8 Å². The Morgan fingerprint density at radius 2 is 1.61 bits per heavy atom. The Hall–Kier alpha value is -3.03. The van der Waals surface area contributed by atoms with E-state index >= 15 is 0 Å². The second-order valence-corrected chi connectivity index (χ2v) is 6.04. The molecule has 8 heteroatoms. The van der Waals surface area contributed by atoms with Crippen LogP contribution in [-0.2, 0) is 26.9 Å². The van der Waals surface area contributed by atoms with Gasteiger partial charge in [-0.3, -0.25) is 9.59 Å². The van der Waals surface area contributed by atoms with Gasteiger partial charge in [0.05, 0.1) is 38.7 Å². The Bertz CT molecular complexity index is 802. The first-order valence-electron chi connectivity index (χ1n) is 8.39. The zero-order chi connectivity index (χ0) is 20.7. The Balaban J connectivity index is 2.09. The maximum absolute atomic E-state index is 12.6. The lowest BCUT2D eigenvalue weighted by Gasteiger charge is -2.19. The van der Waals surface area contributed by atoms with Gasteiger partial charge in [0, 0.05) is 0 Å². The number of hydrogen-bond acceptors (Lipinski definition) is 4. The standard InChI is InChI=1S/C20H20F3NO4/c1-27-16-9-5-14(6-10-16)17(12-19(26)28-2)24-18(25)11-13-3-7-15(8-4-13)20(21,22)23/h3-10,17H,11-12H2,1-2H3,(H,24,25). The van der Waals surface area contributed by atoms with Gasteiger partial charge in [0.25, 0.3) is 0 Å². The summed E-state index contributed by atoms with van der Waals surface area (Å²) in [5.41, 5.74) is 0.322. The topological polar surface area (TPSA) is 64.6 Å². The van der Waals surface area contributed by atoms with Crippen molar-refractivity contribution >= 4 is 11.9 Å². The second-order valence-electron chi connectivity index (χ2n) is 6.04. The summed E-state index contributed by atoms with van der Waals surface area (Å²) in [4.78, 5) is 24.0. The van der Waals surface area contributed by atoms with E-state index < -0.39 is 29.7 Å². The summed E-state index contributed by atoms with van der Waals surface area (Å²) in [6.07, 6.45) is -4.63. The molecule has 1 N–H and O–H groups in total. The molecule has 0 saturated heterocycles.